The SMILES string of the molecule is CNCC1CCC1c1ccnn1-c1ccccc1. The molecule has 0 radical (unpaired) electrons. The summed E-state index contributed by atoms with van der Waals surface area (Å²) >= 11 is 0. The number of hydrogen-bond donors (Lipinski definition) is 1. The second kappa shape index (κ2) is 4.94. The van der Waals surface area contributed by atoms with E-state index in [-0.39, 0.29) is 0 Å². The van der Waals surface area contributed by atoms with E-state index in [0.29, 0.717) is 5.92 Å². The molecule has 3 nitrogen and oxygen atoms in total. The lowest BCUT2D eigenvalue weighted by atomic mass is 9.72. The molecule has 2 atom stereocenters. The zero-order valence-corrected chi connectivity index (χ0v) is 10.7. The Morgan fingerprint density at radius 3 is 2.72 bits per heavy atom. The van der Waals surface area contributed by atoms with Crippen molar-refractivity contribution in [1.29, 1.82) is 0 Å². The van der Waals surface area contributed by atoms with Gasteiger partial charge in [-0.3, -0.25) is 0 Å². The van der Waals surface area contributed by atoms with Gasteiger partial charge in [0.05, 0.1) is 5.69 Å². The fraction of sp³-hybridized carbons (Fsp3) is 0.400. The summed E-state index contributed by atoms with van der Waals surface area (Å²) in [4.78, 5) is 0. The number of para-hydroxylation sites is 1. The molecule has 1 saturated carbocycles. The van der Waals surface area contributed by atoms with Crippen molar-refractivity contribution in [1.82, 2.24) is 15.1 Å². The first kappa shape index (κ1) is 11.5. The third-order valence-corrected chi connectivity index (χ3v) is 3.94. The minimum Gasteiger partial charge on any atom is -0.319 e. The van der Waals surface area contributed by atoms with E-state index in [4.69, 9.17) is 0 Å². The molecule has 3 rings (SSSR count). The molecule has 0 saturated heterocycles. The summed E-state index contributed by atoms with van der Waals surface area (Å²) in [6, 6.07) is 12.6. The molecule has 1 aliphatic rings. The normalized spacial score (nSPS) is 22.7. The van der Waals surface area contributed by atoms with Crippen LogP contribution in [0.15, 0.2) is 42.6 Å². The molecule has 1 N–H and O–H groups in total. The van der Waals surface area contributed by atoms with Crippen molar-refractivity contribution in [2.45, 2.75) is 18.8 Å². The van der Waals surface area contributed by atoms with Crippen molar-refractivity contribution < 1.29 is 0 Å². The number of nitrogens with one attached hydrogen (secondary N) is 1. The van der Waals surface area contributed by atoms with Gasteiger partial charge in [-0.1, -0.05) is 18.2 Å². The summed E-state index contributed by atoms with van der Waals surface area (Å²) in [6.45, 7) is 1.10. The summed E-state index contributed by atoms with van der Waals surface area (Å²) in [6.07, 6.45) is 4.52. The first-order chi connectivity index (χ1) is 8.90. The molecule has 1 aromatic carbocycles. The van der Waals surface area contributed by atoms with Crippen LogP contribution in [0.4, 0.5) is 0 Å². The molecule has 94 valence electrons. The second-order valence-electron chi connectivity index (χ2n) is 5.01. The van der Waals surface area contributed by atoms with Crippen LogP contribution in [0.2, 0.25) is 0 Å². The lowest BCUT2D eigenvalue weighted by Gasteiger charge is -2.36. The van der Waals surface area contributed by atoms with Crippen molar-refractivity contribution in [3.63, 3.8) is 0 Å². The Morgan fingerprint density at radius 2 is 2.06 bits per heavy atom. The highest BCUT2D eigenvalue weighted by molar-refractivity contribution is 5.33. The molecule has 1 aliphatic carbocycles. The molecule has 18 heavy (non-hydrogen) atoms. The number of nitrogens with zero attached hydrogens (tertiary/aromatic N) is 2. The minimum atomic E-state index is 0.653. The number of aromatic nitrogens is 2. The maximum atomic E-state index is 4.48. The first-order valence-corrected chi connectivity index (χ1v) is 6.64. The summed E-state index contributed by atoms with van der Waals surface area (Å²) in [5.74, 6) is 1.41. The van der Waals surface area contributed by atoms with Gasteiger partial charge in [-0.15, -0.1) is 0 Å². The van der Waals surface area contributed by atoms with E-state index >= 15 is 0 Å². The Labute approximate surface area is 108 Å². The van der Waals surface area contributed by atoms with Gasteiger partial charge in [0.1, 0.15) is 0 Å². The molecule has 0 spiro atoms. The maximum Gasteiger partial charge on any atom is 0.0648 e. The Hall–Kier alpha value is -1.61. The highest BCUT2D eigenvalue weighted by Gasteiger charge is 2.33. The largest absolute Gasteiger partial charge is 0.319 e. The van der Waals surface area contributed by atoms with E-state index in [9.17, 15) is 0 Å². The van der Waals surface area contributed by atoms with E-state index in [0.717, 1.165) is 18.2 Å². The lowest BCUT2D eigenvalue weighted by Crippen LogP contribution is -2.33. The van der Waals surface area contributed by atoms with Crippen LogP contribution in [-0.2, 0) is 0 Å². The van der Waals surface area contributed by atoms with E-state index in [1.165, 1.54) is 18.5 Å². The van der Waals surface area contributed by atoms with Gasteiger partial charge in [0.25, 0.3) is 0 Å². The molecule has 2 aromatic rings. The molecule has 1 fully saturated rings. The molecule has 2 unspecified atom stereocenters. The Kier molecular flexibility index (Phi) is 3.15. The smallest absolute Gasteiger partial charge is 0.0648 e. The van der Waals surface area contributed by atoms with Crippen LogP contribution in [0, 0.1) is 5.92 Å². The van der Waals surface area contributed by atoms with Crippen molar-refractivity contribution in [2.24, 2.45) is 5.92 Å². The molecule has 0 amide bonds. The van der Waals surface area contributed by atoms with E-state index in [1.54, 1.807) is 0 Å². The quantitative estimate of drug-likeness (QED) is 0.891. The van der Waals surface area contributed by atoms with Gasteiger partial charge in [0, 0.05) is 17.8 Å². The maximum absolute atomic E-state index is 4.48. The van der Waals surface area contributed by atoms with Crippen molar-refractivity contribution in [3.8, 4) is 5.69 Å². The van der Waals surface area contributed by atoms with Gasteiger partial charge in [-0.2, -0.15) is 5.10 Å². The van der Waals surface area contributed by atoms with Gasteiger partial charge >= 0.3 is 0 Å². The average Bonchev–Trinajstić information content (AvgIpc) is 2.84. The first-order valence-electron chi connectivity index (χ1n) is 6.64. The highest BCUT2D eigenvalue weighted by Crippen LogP contribution is 2.42. The predicted octanol–water partition coefficient (Wildman–Crippen LogP) is 2.59. The summed E-state index contributed by atoms with van der Waals surface area (Å²) in [7, 11) is 2.03. The van der Waals surface area contributed by atoms with Crippen LogP contribution in [0.3, 0.4) is 0 Å². The van der Waals surface area contributed by atoms with Crippen LogP contribution < -0.4 is 5.32 Å². The fourth-order valence-corrected chi connectivity index (χ4v) is 2.84. The molecule has 0 aliphatic heterocycles. The van der Waals surface area contributed by atoms with Crippen molar-refractivity contribution >= 4 is 0 Å². The topological polar surface area (TPSA) is 29.9 Å². The van der Waals surface area contributed by atoms with Crippen molar-refractivity contribution in [2.75, 3.05) is 13.6 Å². The molecule has 0 bridgehead atoms. The monoisotopic (exact) mass is 241 g/mol. The molecule has 1 aromatic heterocycles. The second-order valence-corrected chi connectivity index (χ2v) is 5.01. The third kappa shape index (κ3) is 1.95. The van der Waals surface area contributed by atoms with Crippen LogP contribution >= 0.6 is 0 Å². The van der Waals surface area contributed by atoms with Gasteiger partial charge < -0.3 is 5.32 Å². The van der Waals surface area contributed by atoms with Gasteiger partial charge in [-0.05, 0) is 50.6 Å². The Morgan fingerprint density at radius 1 is 1.22 bits per heavy atom. The van der Waals surface area contributed by atoms with Gasteiger partial charge in [0.2, 0.25) is 0 Å². The van der Waals surface area contributed by atoms with Crippen LogP contribution in [0.25, 0.3) is 5.69 Å². The minimum absolute atomic E-state index is 0.653. The van der Waals surface area contributed by atoms with Gasteiger partial charge in [-0.25, -0.2) is 4.68 Å². The summed E-state index contributed by atoms with van der Waals surface area (Å²) < 4.78 is 2.09. The van der Waals surface area contributed by atoms with E-state index in [1.807, 2.05) is 19.3 Å². The Balaban J connectivity index is 1.88. The zero-order valence-electron chi connectivity index (χ0n) is 10.7. The fourth-order valence-electron chi connectivity index (χ4n) is 2.84. The highest BCUT2D eigenvalue weighted by atomic mass is 15.3. The summed E-state index contributed by atoms with van der Waals surface area (Å²) in [5.41, 5.74) is 2.51. The van der Waals surface area contributed by atoms with Crippen LogP contribution in [0.5, 0.6) is 0 Å². The molecular weight excluding hydrogens is 222 g/mol. The Bertz CT molecular complexity index is 503. The molecule has 3 heteroatoms. The third-order valence-electron chi connectivity index (χ3n) is 3.94. The van der Waals surface area contributed by atoms with E-state index in [2.05, 4.69) is 45.4 Å². The molecular formula is C15H19N3. The molecule has 1 heterocycles. The lowest BCUT2D eigenvalue weighted by molar-refractivity contribution is 0.242. The van der Waals surface area contributed by atoms with Crippen LogP contribution in [0.1, 0.15) is 24.5 Å². The summed E-state index contributed by atoms with van der Waals surface area (Å²) in [5, 5.41) is 7.77. The number of benzene rings is 1. The predicted molar refractivity (Wildman–Crippen MR) is 73.0 cm³/mol. The number of hydrogen-bond acceptors (Lipinski definition) is 2. The zero-order chi connectivity index (χ0) is 12.4. The van der Waals surface area contributed by atoms with Gasteiger partial charge in [0.15, 0.2) is 0 Å². The number of rotatable bonds is 4. The van der Waals surface area contributed by atoms with E-state index < -0.39 is 0 Å². The van der Waals surface area contributed by atoms with Crippen LogP contribution in [-0.4, -0.2) is 23.4 Å². The average molecular weight is 241 g/mol. The van der Waals surface area contributed by atoms with Crippen molar-refractivity contribution in [3.05, 3.63) is 48.3 Å². The standard InChI is InChI=1S/C15H19N3/c1-16-11-12-7-8-14(12)15-9-10-17-18(15)13-5-3-2-4-6-13/h2-6,9-10,12,14,16H,7-8,11H2,1H3.